The summed E-state index contributed by atoms with van der Waals surface area (Å²) in [5.41, 5.74) is 0. The molecule has 0 aromatic rings. The van der Waals surface area contributed by atoms with E-state index in [4.69, 9.17) is 56.8 Å². The third kappa shape index (κ3) is 30.8. The fourth-order valence-electron chi connectivity index (χ4n) is 9.99. The summed E-state index contributed by atoms with van der Waals surface area (Å²) in [6.45, 7) is 2.28. The van der Waals surface area contributed by atoms with E-state index in [1.54, 1.807) is 0 Å². The van der Waals surface area contributed by atoms with E-state index in [1.807, 2.05) is 0 Å². The molecule has 0 unspecified atom stereocenters. The van der Waals surface area contributed by atoms with Gasteiger partial charge < -0.3 is 155 Å². The van der Waals surface area contributed by atoms with Gasteiger partial charge >= 0.3 is 5.97 Å². The molecule has 40 nitrogen and oxygen atoms in total. The molecule has 4 fully saturated rings. The van der Waals surface area contributed by atoms with Crippen molar-refractivity contribution < 1.29 is 157 Å². The first-order valence-corrected chi connectivity index (χ1v) is 32.5. The Hall–Kier alpha value is -4.75. The Morgan fingerprint density at radius 3 is 0.827 bits per heavy atom. The number of aliphatic carboxylic acids is 1. The number of nitrogens with zero attached hydrogens (tertiary/aromatic N) is 2. The average Bonchev–Trinajstić information content (AvgIpc) is 0.851. The van der Waals surface area contributed by atoms with Gasteiger partial charge in [0.25, 0.3) is 0 Å². The highest BCUT2D eigenvalue weighted by Gasteiger charge is 2.46. The molecule has 4 aliphatic heterocycles. The standard InChI is InChI=1S/C58H104N8O32/c1-31-42(73)46(77)50(81)55(95-31)91-21-17-87-13-9-60-37(68)26-65(27-38(69)61-10-14-88-18-22-92-56-51(82)47(78)43(74)32(2)96-56)25-36(67)59-8-6-5-7-35(54(85)86)64-41(72)30-66(28-39(70)62-11-15-89-19-23-93-57-52(83)48(79)44(75)33(3)97-57)29-40(71)63-12-16-90-20-24-94-58-53(84)49(80)45(76)34(4)98-58/h31-35,42-53,55-58,73-84H,5-30H2,1-4H3,(H,59,67)(H,60,68)(H,61,69)(H,62,70)(H,63,71)(H,64,72)(H,85,86)/t31-,32-,33+,34+,35-,42-,43-,44+,45+,46+,47+,48-,49-,50+,51+,52-,53-,55+,56+,57-,58-/m0/s1. The molecule has 0 aromatic carbocycles. The van der Waals surface area contributed by atoms with Crippen LogP contribution in [0.15, 0.2) is 0 Å². The maximum Gasteiger partial charge on any atom is 0.326 e. The number of carboxylic acid groups (broad SMARTS) is 1. The number of carbonyl (C=O) groups is 7. The van der Waals surface area contributed by atoms with Gasteiger partial charge in [-0.25, -0.2) is 4.79 Å². The molecule has 4 rings (SSSR count). The Morgan fingerprint density at radius 2 is 0.571 bits per heavy atom. The minimum atomic E-state index is -1.52. The number of ether oxygens (including phenoxy) is 12. The molecule has 21 atom stereocenters. The first-order valence-electron chi connectivity index (χ1n) is 32.5. The Balaban J connectivity index is 1.23. The number of rotatable bonds is 47. The van der Waals surface area contributed by atoms with Gasteiger partial charge in [0.1, 0.15) is 79.3 Å². The smallest absolute Gasteiger partial charge is 0.326 e. The number of hydrogen-bond donors (Lipinski definition) is 19. The van der Waals surface area contributed by atoms with Gasteiger partial charge in [0.05, 0.1) is 143 Å². The van der Waals surface area contributed by atoms with E-state index in [2.05, 4.69) is 31.9 Å². The summed E-state index contributed by atoms with van der Waals surface area (Å²) in [6.07, 6.45) is -25.3. The lowest BCUT2D eigenvalue weighted by Crippen LogP contribution is -2.57. The lowest BCUT2D eigenvalue weighted by atomic mass is 10.0. The second-order valence-corrected chi connectivity index (χ2v) is 23.7. The first-order chi connectivity index (χ1) is 46.6. The molecular formula is C58H104N8O32. The molecule has 40 heteroatoms. The highest BCUT2D eigenvalue weighted by atomic mass is 16.7. The highest BCUT2D eigenvalue weighted by molar-refractivity contribution is 5.87. The van der Waals surface area contributed by atoms with E-state index in [9.17, 15) is 99.9 Å². The predicted octanol–water partition coefficient (Wildman–Crippen LogP) is -11.6. The van der Waals surface area contributed by atoms with Crippen LogP contribution >= 0.6 is 0 Å². The third-order valence-corrected chi connectivity index (χ3v) is 15.6. The van der Waals surface area contributed by atoms with Gasteiger partial charge in [-0.15, -0.1) is 0 Å². The molecule has 0 bridgehead atoms. The van der Waals surface area contributed by atoms with Gasteiger partial charge in [-0.3, -0.25) is 38.6 Å². The zero-order valence-corrected chi connectivity index (χ0v) is 55.5. The fraction of sp³-hybridized carbons (Fsp3) is 0.879. The van der Waals surface area contributed by atoms with E-state index >= 15 is 0 Å². The fourth-order valence-corrected chi connectivity index (χ4v) is 9.99. The average molecular weight is 1430 g/mol. The van der Waals surface area contributed by atoms with Gasteiger partial charge in [0.2, 0.25) is 35.4 Å². The van der Waals surface area contributed by atoms with Crippen molar-refractivity contribution in [2.75, 3.05) is 151 Å². The summed E-state index contributed by atoms with van der Waals surface area (Å²) in [4.78, 5) is 93.8. The lowest BCUT2D eigenvalue weighted by molar-refractivity contribution is -0.294. The second kappa shape index (κ2) is 46.0. The topological polar surface area (TPSA) is 572 Å². The molecule has 4 heterocycles. The Bertz CT molecular complexity index is 2230. The Morgan fingerprint density at radius 1 is 0.327 bits per heavy atom. The molecule has 19 N–H and O–H groups in total. The largest absolute Gasteiger partial charge is 0.480 e. The number of carboxylic acids is 1. The van der Waals surface area contributed by atoms with Gasteiger partial charge in [-0.05, 0) is 47.0 Å². The van der Waals surface area contributed by atoms with Crippen LogP contribution in [-0.4, -0.2) is 398 Å². The molecule has 568 valence electrons. The van der Waals surface area contributed by atoms with E-state index < -0.39 is 210 Å². The van der Waals surface area contributed by atoms with Crippen LogP contribution in [0.3, 0.4) is 0 Å². The van der Waals surface area contributed by atoms with E-state index in [0.29, 0.717) is 0 Å². The van der Waals surface area contributed by atoms with Crippen molar-refractivity contribution in [1.29, 1.82) is 0 Å². The van der Waals surface area contributed by atoms with E-state index in [1.165, 1.54) is 32.6 Å². The molecule has 0 saturated carbocycles. The molecule has 4 aliphatic rings. The van der Waals surface area contributed by atoms with Crippen molar-refractivity contribution in [3.05, 3.63) is 0 Å². The van der Waals surface area contributed by atoms with Crippen molar-refractivity contribution in [1.82, 2.24) is 41.7 Å². The number of aliphatic hydroxyl groups is 12. The van der Waals surface area contributed by atoms with Crippen LogP contribution in [0.4, 0.5) is 0 Å². The highest BCUT2D eigenvalue weighted by Crippen LogP contribution is 2.25. The summed E-state index contributed by atoms with van der Waals surface area (Å²) < 4.78 is 65.0. The number of aliphatic hydroxyl groups excluding tert-OH is 12. The molecule has 0 radical (unpaired) electrons. The summed E-state index contributed by atoms with van der Waals surface area (Å²) in [6, 6.07) is -1.46. The Kier molecular flexibility index (Phi) is 40.2. The number of unbranched alkanes of at least 4 members (excludes halogenated alkanes) is 1. The molecule has 6 amide bonds. The number of amides is 6. The minimum absolute atomic E-state index is 0.00472. The van der Waals surface area contributed by atoms with Gasteiger partial charge in [0, 0.05) is 32.7 Å². The minimum Gasteiger partial charge on any atom is -0.480 e. The van der Waals surface area contributed by atoms with Crippen LogP contribution in [0.1, 0.15) is 47.0 Å². The van der Waals surface area contributed by atoms with Gasteiger partial charge in [-0.1, -0.05) is 0 Å². The van der Waals surface area contributed by atoms with E-state index in [0.717, 1.165) is 4.90 Å². The van der Waals surface area contributed by atoms with Crippen molar-refractivity contribution in [3.63, 3.8) is 0 Å². The summed E-state index contributed by atoms with van der Waals surface area (Å²) in [5.74, 6) is -5.40. The normalized spacial score (nSPS) is 30.7. The molecule has 4 saturated heterocycles. The number of nitrogens with one attached hydrogen (secondary N) is 6. The summed E-state index contributed by atoms with van der Waals surface area (Å²) in [7, 11) is 0. The Labute approximate surface area is 565 Å². The molecule has 0 spiro atoms. The maximum atomic E-state index is 13.4. The quantitative estimate of drug-likeness (QED) is 0.0252. The second-order valence-electron chi connectivity index (χ2n) is 23.7. The molecular weight excluding hydrogens is 1320 g/mol. The van der Waals surface area contributed by atoms with Crippen LogP contribution in [0, 0.1) is 0 Å². The van der Waals surface area contributed by atoms with Crippen molar-refractivity contribution >= 4 is 41.4 Å². The summed E-state index contributed by atoms with van der Waals surface area (Å²) in [5, 5.41) is 146. The third-order valence-electron chi connectivity index (χ3n) is 15.6. The van der Waals surface area contributed by atoms with Crippen molar-refractivity contribution in [2.45, 2.75) is 176 Å². The van der Waals surface area contributed by atoms with Crippen LogP contribution in [0.2, 0.25) is 0 Å². The zero-order valence-electron chi connectivity index (χ0n) is 55.5. The van der Waals surface area contributed by atoms with E-state index in [-0.39, 0.29) is 131 Å². The van der Waals surface area contributed by atoms with Gasteiger partial charge in [-0.2, -0.15) is 0 Å². The first kappa shape index (κ1) is 85.7. The van der Waals surface area contributed by atoms with Crippen molar-refractivity contribution in [2.24, 2.45) is 0 Å². The molecule has 0 aromatic heterocycles. The van der Waals surface area contributed by atoms with Crippen LogP contribution in [0.5, 0.6) is 0 Å². The predicted molar refractivity (Wildman–Crippen MR) is 328 cm³/mol. The monoisotopic (exact) mass is 1420 g/mol. The molecule has 0 aliphatic carbocycles. The number of carbonyl (C=O) groups excluding carboxylic acids is 6. The van der Waals surface area contributed by atoms with Crippen LogP contribution in [0.25, 0.3) is 0 Å². The SMILES string of the molecule is C[C@@H]1O[C@@H](OCCOCCNC(=O)CN(CC(=O)NCCCC[C@H](NC(=O)CN(CC(=O)NCCOCCO[C@H]2O[C@H](C)[C@@H](O)[C@H](O)[C@@H]2O)CC(=O)NCCOCCO[C@H]2O[C@H](C)[C@@H](O)[C@H](O)[C@@H]2O)C(=O)O)CC(=O)NCCOCCO[C@@H]2O[C@@H](C)[C@H](O)[C@@H](O)[C@H]2O)[C@H](O)[C@H](O)[C@H]1O. The van der Waals surface area contributed by atoms with Crippen molar-refractivity contribution in [3.8, 4) is 0 Å². The lowest BCUT2D eigenvalue weighted by Gasteiger charge is -2.38. The van der Waals surface area contributed by atoms with Crippen LogP contribution in [-0.2, 0) is 90.4 Å². The number of hydrogen-bond acceptors (Lipinski definition) is 33. The van der Waals surface area contributed by atoms with Crippen LogP contribution < -0.4 is 31.9 Å². The molecule has 98 heavy (non-hydrogen) atoms. The maximum absolute atomic E-state index is 13.4. The van der Waals surface area contributed by atoms with Gasteiger partial charge in [0.15, 0.2) is 25.2 Å². The summed E-state index contributed by atoms with van der Waals surface area (Å²) >= 11 is 0. The zero-order chi connectivity index (χ0) is 72.4.